The first-order valence-corrected chi connectivity index (χ1v) is 11.5. The number of halogens is 1. The van der Waals surface area contributed by atoms with E-state index >= 15 is 0 Å². The second-order valence-electron chi connectivity index (χ2n) is 7.36. The number of pyridine rings is 1. The van der Waals surface area contributed by atoms with Gasteiger partial charge >= 0.3 is 0 Å². The van der Waals surface area contributed by atoms with Crippen molar-refractivity contribution in [3.63, 3.8) is 0 Å². The first-order chi connectivity index (χ1) is 16.0. The van der Waals surface area contributed by atoms with Gasteiger partial charge in [0.05, 0.1) is 23.6 Å². The molecule has 1 N–H and O–H groups in total. The highest BCUT2D eigenvalue weighted by Gasteiger charge is 2.18. The fourth-order valence-corrected chi connectivity index (χ4v) is 4.51. The molecule has 33 heavy (non-hydrogen) atoms. The van der Waals surface area contributed by atoms with Crippen molar-refractivity contribution < 1.29 is 9.53 Å². The molecule has 7 nitrogen and oxygen atoms in total. The Bertz CT molecular complexity index is 1250. The molecule has 0 unspecified atom stereocenters. The lowest BCUT2D eigenvalue weighted by molar-refractivity contribution is -0.113. The number of benzene rings is 2. The van der Waals surface area contributed by atoms with Crippen LogP contribution < -0.4 is 10.1 Å². The molecule has 0 fully saturated rings. The number of carbonyl (C=O) groups is 1. The molecule has 4 rings (SSSR count). The molecule has 0 aliphatic carbocycles. The Hall–Kier alpha value is -3.36. The lowest BCUT2D eigenvalue weighted by Gasteiger charge is -2.12. The summed E-state index contributed by atoms with van der Waals surface area (Å²) in [5, 5.41) is 12.7. The van der Waals surface area contributed by atoms with Crippen molar-refractivity contribution in [2.75, 3.05) is 18.2 Å². The molecule has 0 saturated carbocycles. The third-order valence-electron chi connectivity index (χ3n) is 4.91. The number of nitrogens with one attached hydrogen (secondary N) is 1. The standard InChI is InChI=1S/C24H22ClN5O2S/c1-15-11-16(2)22(20(25)12-15)27-21(31)14-33-24-29-28-23(17-5-4-10-26-13-17)30(24)18-6-8-19(32-3)9-7-18/h4-13H,14H2,1-3H3,(H,27,31). The molecule has 0 saturated heterocycles. The van der Waals surface area contributed by atoms with E-state index < -0.39 is 0 Å². The van der Waals surface area contributed by atoms with Gasteiger partial charge in [-0.15, -0.1) is 10.2 Å². The van der Waals surface area contributed by atoms with Crippen molar-refractivity contribution in [3.05, 3.63) is 77.1 Å². The van der Waals surface area contributed by atoms with Crippen LogP contribution in [0.5, 0.6) is 5.75 Å². The number of ether oxygens (including phenoxy) is 1. The molecular formula is C24H22ClN5O2S. The van der Waals surface area contributed by atoms with E-state index in [-0.39, 0.29) is 11.7 Å². The Balaban J connectivity index is 1.60. The van der Waals surface area contributed by atoms with Gasteiger partial charge in [0.1, 0.15) is 5.75 Å². The third-order valence-corrected chi connectivity index (χ3v) is 6.14. The second kappa shape index (κ2) is 10.1. The highest BCUT2D eigenvalue weighted by atomic mass is 35.5. The maximum atomic E-state index is 12.7. The molecule has 0 aliphatic heterocycles. The van der Waals surface area contributed by atoms with Crippen LogP contribution >= 0.6 is 23.4 Å². The summed E-state index contributed by atoms with van der Waals surface area (Å²) in [6.07, 6.45) is 3.43. The lowest BCUT2D eigenvalue weighted by Crippen LogP contribution is -2.16. The van der Waals surface area contributed by atoms with Gasteiger partial charge in [-0.05, 0) is 67.4 Å². The number of hydrogen-bond donors (Lipinski definition) is 1. The number of nitrogens with zero attached hydrogens (tertiary/aromatic N) is 4. The number of aryl methyl sites for hydroxylation is 2. The van der Waals surface area contributed by atoms with E-state index in [1.54, 1.807) is 19.5 Å². The van der Waals surface area contributed by atoms with Gasteiger partial charge < -0.3 is 10.1 Å². The number of carbonyl (C=O) groups excluding carboxylic acids is 1. The number of anilines is 1. The van der Waals surface area contributed by atoms with Gasteiger partial charge in [0.2, 0.25) is 5.91 Å². The Morgan fingerprint density at radius 3 is 2.61 bits per heavy atom. The zero-order valence-electron chi connectivity index (χ0n) is 18.4. The average molecular weight is 480 g/mol. The molecular weight excluding hydrogens is 458 g/mol. The van der Waals surface area contributed by atoms with Crippen molar-refractivity contribution in [2.24, 2.45) is 0 Å². The van der Waals surface area contributed by atoms with Gasteiger partial charge in [0.25, 0.3) is 0 Å². The van der Waals surface area contributed by atoms with E-state index in [0.29, 0.717) is 21.7 Å². The smallest absolute Gasteiger partial charge is 0.234 e. The highest BCUT2D eigenvalue weighted by molar-refractivity contribution is 7.99. The Morgan fingerprint density at radius 1 is 1.15 bits per heavy atom. The third kappa shape index (κ3) is 5.18. The Labute approximate surface area is 201 Å². The summed E-state index contributed by atoms with van der Waals surface area (Å²) < 4.78 is 7.18. The van der Waals surface area contributed by atoms with Crippen molar-refractivity contribution in [1.29, 1.82) is 0 Å². The maximum absolute atomic E-state index is 12.7. The summed E-state index contributed by atoms with van der Waals surface area (Å²) in [4.78, 5) is 16.9. The van der Waals surface area contributed by atoms with E-state index in [9.17, 15) is 4.79 Å². The fourth-order valence-electron chi connectivity index (χ4n) is 3.39. The molecule has 1 amide bonds. The van der Waals surface area contributed by atoms with Crippen molar-refractivity contribution in [2.45, 2.75) is 19.0 Å². The summed E-state index contributed by atoms with van der Waals surface area (Å²) in [7, 11) is 1.62. The van der Waals surface area contributed by atoms with Crippen LogP contribution in [0, 0.1) is 13.8 Å². The number of thioether (sulfide) groups is 1. The van der Waals surface area contributed by atoms with Crippen LogP contribution in [0.15, 0.2) is 66.1 Å². The van der Waals surface area contributed by atoms with Crippen LogP contribution in [0.1, 0.15) is 11.1 Å². The van der Waals surface area contributed by atoms with E-state index in [1.165, 1.54) is 11.8 Å². The lowest BCUT2D eigenvalue weighted by atomic mass is 10.1. The number of methoxy groups -OCH3 is 1. The zero-order valence-corrected chi connectivity index (χ0v) is 19.9. The molecule has 0 radical (unpaired) electrons. The molecule has 4 aromatic rings. The summed E-state index contributed by atoms with van der Waals surface area (Å²) in [6, 6.07) is 15.1. The number of hydrogen-bond acceptors (Lipinski definition) is 6. The van der Waals surface area contributed by atoms with Crippen LogP contribution in [0.3, 0.4) is 0 Å². The molecule has 0 aliphatic rings. The topological polar surface area (TPSA) is 81.9 Å². The molecule has 2 heterocycles. The van der Waals surface area contributed by atoms with E-state index in [0.717, 1.165) is 28.1 Å². The van der Waals surface area contributed by atoms with Crippen molar-refractivity contribution in [3.8, 4) is 22.8 Å². The molecule has 9 heteroatoms. The summed E-state index contributed by atoms with van der Waals surface area (Å²) in [5.41, 5.74) is 4.25. The second-order valence-corrected chi connectivity index (χ2v) is 8.71. The van der Waals surface area contributed by atoms with Crippen LogP contribution in [-0.2, 0) is 4.79 Å². The van der Waals surface area contributed by atoms with Gasteiger partial charge in [0.15, 0.2) is 11.0 Å². The first-order valence-electron chi connectivity index (χ1n) is 10.2. The minimum absolute atomic E-state index is 0.144. The summed E-state index contributed by atoms with van der Waals surface area (Å²) in [6.45, 7) is 3.88. The number of rotatable bonds is 7. The molecule has 0 bridgehead atoms. The normalized spacial score (nSPS) is 10.8. The van der Waals surface area contributed by atoms with Gasteiger partial charge in [-0.1, -0.05) is 29.4 Å². The summed E-state index contributed by atoms with van der Waals surface area (Å²) >= 11 is 7.63. The molecule has 0 spiro atoms. The molecule has 0 atom stereocenters. The van der Waals surface area contributed by atoms with E-state index in [2.05, 4.69) is 20.5 Å². The Morgan fingerprint density at radius 2 is 1.94 bits per heavy atom. The molecule has 2 aromatic carbocycles. The quantitative estimate of drug-likeness (QED) is 0.360. The van der Waals surface area contributed by atoms with Crippen LogP contribution in [-0.4, -0.2) is 38.5 Å². The minimum Gasteiger partial charge on any atom is -0.497 e. The monoisotopic (exact) mass is 479 g/mol. The SMILES string of the molecule is COc1ccc(-n2c(SCC(=O)Nc3c(C)cc(C)cc3Cl)nnc2-c2cccnc2)cc1. The van der Waals surface area contributed by atoms with Crippen molar-refractivity contribution in [1.82, 2.24) is 19.7 Å². The molecule has 2 aromatic heterocycles. The Kier molecular flexibility index (Phi) is 6.96. The van der Waals surface area contributed by atoms with Gasteiger partial charge in [-0.3, -0.25) is 14.3 Å². The number of aromatic nitrogens is 4. The predicted octanol–water partition coefficient (Wildman–Crippen LogP) is 5.34. The van der Waals surface area contributed by atoms with Gasteiger partial charge in [-0.2, -0.15) is 0 Å². The summed E-state index contributed by atoms with van der Waals surface area (Å²) in [5.74, 6) is 1.34. The van der Waals surface area contributed by atoms with Crippen LogP contribution in [0.25, 0.3) is 17.1 Å². The first kappa shape index (κ1) is 22.8. The van der Waals surface area contributed by atoms with E-state index in [1.807, 2.05) is 66.9 Å². The van der Waals surface area contributed by atoms with Crippen LogP contribution in [0.4, 0.5) is 5.69 Å². The maximum Gasteiger partial charge on any atom is 0.234 e. The fraction of sp³-hybridized carbons (Fsp3) is 0.167. The highest BCUT2D eigenvalue weighted by Crippen LogP contribution is 2.30. The largest absolute Gasteiger partial charge is 0.497 e. The zero-order chi connectivity index (χ0) is 23.4. The van der Waals surface area contributed by atoms with Crippen molar-refractivity contribution >= 4 is 35.0 Å². The van der Waals surface area contributed by atoms with Crippen LogP contribution in [0.2, 0.25) is 5.02 Å². The minimum atomic E-state index is -0.180. The van der Waals surface area contributed by atoms with Gasteiger partial charge in [0, 0.05) is 23.6 Å². The average Bonchev–Trinajstić information content (AvgIpc) is 3.24. The predicted molar refractivity (Wildman–Crippen MR) is 131 cm³/mol. The van der Waals surface area contributed by atoms with E-state index in [4.69, 9.17) is 16.3 Å². The number of amides is 1. The van der Waals surface area contributed by atoms with Gasteiger partial charge in [-0.25, -0.2) is 0 Å². The molecule has 168 valence electrons.